The number of fused-ring (bicyclic) bond motifs is 1. The summed E-state index contributed by atoms with van der Waals surface area (Å²) < 4.78 is 5.25. The number of rotatable bonds is 2. The molecule has 2 rings (SSSR count). The molecule has 0 aromatic heterocycles. The van der Waals surface area contributed by atoms with Crippen molar-refractivity contribution >= 4 is 5.69 Å². The van der Waals surface area contributed by atoms with Gasteiger partial charge in [0.25, 0.3) is 0 Å². The van der Waals surface area contributed by atoms with Gasteiger partial charge >= 0.3 is 0 Å². The third-order valence-corrected chi connectivity index (χ3v) is 3.33. The largest absolute Gasteiger partial charge is 0.497 e. The van der Waals surface area contributed by atoms with E-state index in [1.807, 2.05) is 6.07 Å². The zero-order chi connectivity index (χ0) is 10.2. The Hall–Kier alpha value is -1.18. The summed E-state index contributed by atoms with van der Waals surface area (Å²) in [5.41, 5.74) is 2.92. The van der Waals surface area contributed by atoms with Gasteiger partial charge in [-0.3, -0.25) is 0 Å². The molecule has 1 aromatic rings. The molecule has 1 heterocycles. The normalized spacial score (nSPS) is 24.2. The molecule has 1 aliphatic rings. The monoisotopic (exact) mass is 191 g/mol. The lowest BCUT2D eigenvalue weighted by atomic mass is 9.82. The van der Waals surface area contributed by atoms with Crippen LogP contribution < -0.4 is 10.1 Å². The van der Waals surface area contributed by atoms with Gasteiger partial charge in [-0.1, -0.05) is 13.8 Å². The van der Waals surface area contributed by atoms with Gasteiger partial charge in [-0.25, -0.2) is 0 Å². The van der Waals surface area contributed by atoms with E-state index in [4.69, 9.17) is 4.74 Å². The van der Waals surface area contributed by atoms with E-state index in [1.54, 1.807) is 7.11 Å². The maximum Gasteiger partial charge on any atom is 0.119 e. The predicted octanol–water partition coefficient (Wildman–Crippen LogP) is 2.79. The van der Waals surface area contributed by atoms with E-state index in [-0.39, 0.29) is 5.41 Å². The number of methoxy groups -OCH3 is 1. The second-order valence-corrected chi connectivity index (χ2v) is 4.18. The Kier molecular flexibility index (Phi) is 2.14. The molecule has 1 aromatic carbocycles. The lowest BCUT2D eigenvalue weighted by Crippen LogP contribution is -2.22. The Labute approximate surface area is 85.3 Å². The van der Waals surface area contributed by atoms with Crippen LogP contribution in [0.3, 0.4) is 0 Å². The highest BCUT2D eigenvalue weighted by atomic mass is 16.5. The van der Waals surface area contributed by atoms with E-state index in [1.165, 1.54) is 11.3 Å². The van der Waals surface area contributed by atoms with Gasteiger partial charge in [0.2, 0.25) is 0 Å². The molecule has 0 fully saturated rings. The lowest BCUT2D eigenvalue weighted by molar-refractivity contribution is 0.412. The van der Waals surface area contributed by atoms with Gasteiger partial charge in [0, 0.05) is 17.6 Å². The van der Waals surface area contributed by atoms with Crippen molar-refractivity contribution in [1.29, 1.82) is 0 Å². The molecule has 0 saturated heterocycles. The van der Waals surface area contributed by atoms with Gasteiger partial charge in [0.05, 0.1) is 7.11 Å². The van der Waals surface area contributed by atoms with E-state index < -0.39 is 0 Å². The van der Waals surface area contributed by atoms with Crippen LogP contribution in [0.15, 0.2) is 18.2 Å². The molecule has 0 unspecified atom stereocenters. The van der Waals surface area contributed by atoms with Crippen molar-refractivity contribution in [3.05, 3.63) is 23.8 Å². The number of benzene rings is 1. The van der Waals surface area contributed by atoms with E-state index in [0.717, 1.165) is 18.7 Å². The topological polar surface area (TPSA) is 21.3 Å². The maximum absolute atomic E-state index is 5.25. The number of ether oxygens (including phenoxy) is 1. The average molecular weight is 191 g/mol. The summed E-state index contributed by atoms with van der Waals surface area (Å²) in [5, 5.41) is 3.44. The van der Waals surface area contributed by atoms with Crippen LogP contribution in [0.25, 0.3) is 0 Å². The number of hydrogen-bond donors (Lipinski definition) is 1. The minimum atomic E-state index is 0.268. The lowest BCUT2D eigenvalue weighted by Gasteiger charge is -2.21. The predicted molar refractivity (Wildman–Crippen MR) is 59.1 cm³/mol. The second-order valence-electron chi connectivity index (χ2n) is 4.18. The molecule has 0 spiro atoms. The van der Waals surface area contributed by atoms with Crippen molar-refractivity contribution in [3.63, 3.8) is 0 Å². The van der Waals surface area contributed by atoms with Crippen molar-refractivity contribution in [3.8, 4) is 5.75 Å². The molecular formula is C12H17NO. The third-order valence-electron chi connectivity index (χ3n) is 3.33. The first kappa shape index (κ1) is 9.38. The Morgan fingerprint density at radius 3 is 2.93 bits per heavy atom. The van der Waals surface area contributed by atoms with E-state index in [2.05, 4.69) is 31.3 Å². The third kappa shape index (κ3) is 1.26. The molecule has 0 amide bonds. The van der Waals surface area contributed by atoms with Crippen molar-refractivity contribution in [2.75, 3.05) is 19.0 Å². The van der Waals surface area contributed by atoms with E-state index >= 15 is 0 Å². The van der Waals surface area contributed by atoms with Crippen LogP contribution in [0, 0.1) is 0 Å². The SMILES string of the molecule is CC[C@@]1(C)CNc2ccc(OC)cc21. The minimum Gasteiger partial charge on any atom is -0.497 e. The number of hydrogen-bond acceptors (Lipinski definition) is 2. The summed E-state index contributed by atoms with van der Waals surface area (Å²) in [6.45, 7) is 5.56. The molecule has 0 aliphatic carbocycles. The van der Waals surface area contributed by atoms with Gasteiger partial charge in [0.15, 0.2) is 0 Å². The van der Waals surface area contributed by atoms with Crippen molar-refractivity contribution in [1.82, 2.24) is 0 Å². The second kappa shape index (κ2) is 3.19. The molecular weight excluding hydrogens is 174 g/mol. The molecule has 0 bridgehead atoms. The first-order valence-corrected chi connectivity index (χ1v) is 5.12. The quantitative estimate of drug-likeness (QED) is 0.776. The molecule has 2 nitrogen and oxygen atoms in total. The average Bonchev–Trinajstić information content (AvgIpc) is 2.57. The summed E-state index contributed by atoms with van der Waals surface area (Å²) in [7, 11) is 1.72. The van der Waals surface area contributed by atoms with Crippen molar-refractivity contribution < 1.29 is 4.74 Å². The highest BCUT2D eigenvalue weighted by Crippen LogP contribution is 2.40. The summed E-state index contributed by atoms with van der Waals surface area (Å²) in [4.78, 5) is 0. The van der Waals surface area contributed by atoms with Crippen LogP contribution >= 0.6 is 0 Å². The fraction of sp³-hybridized carbons (Fsp3) is 0.500. The van der Waals surface area contributed by atoms with Crippen molar-refractivity contribution in [2.45, 2.75) is 25.7 Å². The summed E-state index contributed by atoms with van der Waals surface area (Å²) in [6.07, 6.45) is 1.15. The molecule has 1 N–H and O–H groups in total. The zero-order valence-corrected chi connectivity index (χ0v) is 9.05. The van der Waals surface area contributed by atoms with Crippen LogP contribution in [0.5, 0.6) is 5.75 Å². The molecule has 0 radical (unpaired) electrons. The Bertz CT molecular complexity index is 348. The molecule has 1 aliphatic heterocycles. The highest BCUT2D eigenvalue weighted by Gasteiger charge is 2.32. The summed E-state index contributed by atoms with van der Waals surface area (Å²) in [5.74, 6) is 0.951. The van der Waals surface area contributed by atoms with Gasteiger partial charge in [-0.2, -0.15) is 0 Å². The Morgan fingerprint density at radius 1 is 1.50 bits per heavy atom. The van der Waals surface area contributed by atoms with Crippen LogP contribution in [-0.4, -0.2) is 13.7 Å². The Balaban J connectivity index is 2.47. The van der Waals surface area contributed by atoms with Gasteiger partial charge in [-0.05, 0) is 30.2 Å². The van der Waals surface area contributed by atoms with Crippen LogP contribution in [0.4, 0.5) is 5.69 Å². The summed E-state index contributed by atoms with van der Waals surface area (Å²) in [6, 6.07) is 6.27. The van der Waals surface area contributed by atoms with Crippen LogP contribution in [0.2, 0.25) is 0 Å². The van der Waals surface area contributed by atoms with Gasteiger partial charge in [0.1, 0.15) is 5.75 Å². The molecule has 0 saturated carbocycles. The fourth-order valence-electron chi connectivity index (χ4n) is 2.00. The highest BCUT2D eigenvalue weighted by molar-refractivity contribution is 5.62. The Morgan fingerprint density at radius 2 is 2.29 bits per heavy atom. The van der Waals surface area contributed by atoms with Crippen molar-refractivity contribution in [2.24, 2.45) is 0 Å². The first-order chi connectivity index (χ1) is 6.69. The number of nitrogens with one attached hydrogen (secondary N) is 1. The van der Waals surface area contributed by atoms with E-state index in [9.17, 15) is 0 Å². The first-order valence-electron chi connectivity index (χ1n) is 5.12. The van der Waals surface area contributed by atoms with Gasteiger partial charge < -0.3 is 10.1 Å². The standard InChI is InChI=1S/C12H17NO/c1-4-12(2)8-13-11-6-5-9(14-3)7-10(11)12/h5-7,13H,4,8H2,1-3H3/t12-/m0/s1. The van der Waals surface area contributed by atoms with Gasteiger partial charge in [-0.15, -0.1) is 0 Å². The molecule has 76 valence electrons. The van der Waals surface area contributed by atoms with E-state index in [0.29, 0.717) is 0 Å². The molecule has 2 heteroatoms. The van der Waals surface area contributed by atoms with Crippen LogP contribution in [0.1, 0.15) is 25.8 Å². The van der Waals surface area contributed by atoms with Crippen LogP contribution in [-0.2, 0) is 5.41 Å². The zero-order valence-electron chi connectivity index (χ0n) is 9.05. The summed E-state index contributed by atoms with van der Waals surface area (Å²) >= 11 is 0. The smallest absolute Gasteiger partial charge is 0.119 e. The molecule has 14 heavy (non-hydrogen) atoms. The maximum atomic E-state index is 5.25. The molecule has 1 atom stereocenters. The number of anilines is 1. The fourth-order valence-corrected chi connectivity index (χ4v) is 2.00. The minimum absolute atomic E-state index is 0.268.